The molecule has 4 aliphatic rings. The molecule has 5 amide bonds. The van der Waals surface area contributed by atoms with Crippen molar-refractivity contribution in [2.75, 3.05) is 19.6 Å². The molecule has 1 aromatic heterocycles. The van der Waals surface area contributed by atoms with Crippen LogP contribution < -0.4 is 44.6 Å². The van der Waals surface area contributed by atoms with Gasteiger partial charge in [0, 0.05) is 102 Å². The van der Waals surface area contributed by atoms with E-state index in [1.807, 2.05) is 94.4 Å². The second-order valence-electron chi connectivity index (χ2n) is 25.7. The number of aryl methyl sites for hydroxylation is 2. The first-order valence-corrected chi connectivity index (χ1v) is 30.9. The smallest absolute Gasteiger partial charge is 0.756 e. The number of ether oxygens (including phenoxy) is 1. The Labute approximate surface area is 527 Å². The van der Waals surface area contributed by atoms with Crippen LogP contribution in [-0.2, 0) is 59.1 Å². The molecule has 0 bridgehead atoms. The quantitative estimate of drug-likeness (QED) is 0.0379. The number of imidazole rings is 1. The average molecular weight is 1290 g/mol. The summed E-state index contributed by atoms with van der Waals surface area (Å²) in [5, 5.41) is 24.8. The number of nitrogens with one attached hydrogen (secondary N) is 2. The molecule has 1 radical (unpaired) electrons. The van der Waals surface area contributed by atoms with Crippen molar-refractivity contribution < 1.29 is 74.2 Å². The Morgan fingerprint density at radius 3 is 2.11 bits per heavy atom. The molecule has 2 aromatic rings. The first kappa shape index (κ1) is 74.9. The number of aliphatic imine (C=N–C) groups is 3. The Morgan fingerprint density at radius 1 is 0.943 bits per heavy atom. The molecule has 0 aliphatic carbocycles. The van der Waals surface area contributed by atoms with Crippen LogP contribution in [0.2, 0.25) is 0 Å². The van der Waals surface area contributed by atoms with Crippen LogP contribution in [0.25, 0.3) is 16.8 Å². The van der Waals surface area contributed by atoms with Gasteiger partial charge in [-0.3, -0.25) is 43.5 Å². The minimum atomic E-state index is -5.29. The number of amides is 5. The number of primary amides is 4. The molecule has 5 heterocycles. The van der Waals surface area contributed by atoms with E-state index in [9.17, 15) is 49.4 Å². The molecule has 1 saturated heterocycles. The van der Waals surface area contributed by atoms with E-state index in [1.165, 1.54) is 17.8 Å². The third kappa shape index (κ3) is 16.1. The molecule has 6 rings (SSSR count). The third-order valence-electron chi connectivity index (χ3n) is 19.0. The van der Waals surface area contributed by atoms with Crippen molar-refractivity contribution in [1.29, 1.82) is 0 Å². The maximum atomic E-state index is 14.1. The fraction of sp³-hybridized carbons (Fsp3) is 0.639. The molecule has 15 atom stereocenters. The number of nitrogens with zero attached hydrogens (tertiary/aromatic N) is 5. The van der Waals surface area contributed by atoms with Crippen molar-refractivity contribution in [3.05, 3.63) is 77.1 Å². The summed E-state index contributed by atoms with van der Waals surface area (Å²) in [5.74, 6) is -4.84. The predicted octanol–water partition coefficient (Wildman–Crippen LogP) is 5.07. The number of aliphatic hydroxyl groups is 2. The van der Waals surface area contributed by atoms with Crippen LogP contribution in [-0.4, -0.2) is 117 Å². The van der Waals surface area contributed by atoms with Gasteiger partial charge < -0.3 is 86.3 Å². The van der Waals surface area contributed by atoms with Gasteiger partial charge in [-0.05, 0) is 132 Å². The van der Waals surface area contributed by atoms with Crippen LogP contribution in [0.5, 0.6) is 0 Å². The predicted molar refractivity (Wildman–Crippen MR) is 332 cm³/mol. The summed E-state index contributed by atoms with van der Waals surface area (Å²) in [7, 11) is -5.29. The first-order chi connectivity index (χ1) is 40.0. The molecule has 491 valence electrons. The normalized spacial score (nSPS) is 29.0. The summed E-state index contributed by atoms with van der Waals surface area (Å²) in [5.41, 5.74) is 49.6. The monoisotopic (exact) mass is 1290 g/mol. The number of allylic oxidation sites excluding steroid dienone is 6. The van der Waals surface area contributed by atoms with Crippen molar-refractivity contribution in [3.8, 4) is 0 Å². The van der Waals surface area contributed by atoms with Gasteiger partial charge >= 0.3 is 16.8 Å². The van der Waals surface area contributed by atoms with Crippen LogP contribution in [0, 0.1) is 72.5 Å². The standard InChI is InChI=1S/C60H93N13O12P.CH3.Co/c1-30(2)49(67)37(14-17-45(64)75)60(12,27-62)35(7)51-39(25-61)59(11,20-19-48(78)68-26-33(5)84-86(81,82)85-53-52(79)55(83-56(53)80)73-29-70-41-21-31(3)32(4)22-42(41)73)54(72-51)34(6)50-38(15-18-46(65)76)57(8,9)43(71-50)23-40-36(13-16-44(63)74)58(10,28-69-40)24-47(66)77;;/h21-23,28-29,33,35-39,51-53,55-56,67,79-80H,13-20,24-27,61-62H2,1-12H3,(H2,63,74)(H2,64,75)(H2,65,76)(H2,66,77)(H,68,78)(H,81,82);1H3;/q2*-1;+2/p-1/b40-23-,50-34-;;. The van der Waals surface area contributed by atoms with Gasteiger partial charge in [-0.1, -0.05) is 47.1 Å². The maximum absolute atomic E-state index is 14.1. The van der Waals surface area contributed by atoms with Crippen molar-refractivity contribution in [3.63, 3.8) is 0 Å². The van der Waals surface area contributed by atoms with Gasteiger partial charge in [0.05, 0.1) is 29.5 Å². The molecule has 15 unspecified atom stereocenters. The summed E-state index contributed by atoms with van der Waals surface area (Å²) in [6.45, 7) is 22.5. The zero-order chi connectivity index (χ0) is 64.3. The van der Waals surface area contributed by atoms with E-state index in [0.29, 0.717) is 45.1 Å². The molecule has 25 nitrogen and oxygen atoms in total. The van der Waals surface area contributed by atoms with E-state index < -0.39 is 125 Å². The number of fused-ring (bicyclic) bond motifs is 1. The molecule has 0 spiro atoms. The second-order valence-corrected chi connectivity index (χ2v) is 27.1. The Morgan fingerprint density at radius 2 is 1.55 bits per heavy atom. The van der Waals surface area contributed by atoms with Gasteiger partial charge in [0.25, 0.3) is 7.82 Å². The molecular formula is C61H95CoN13O12P-. The van der Waals surface area contributed by atoms with Crippen LogP contribution >= 0.6 is 7.82 Å². The number of hydrogen-bond acceptors (Lipinski definition) is 18. The first-order valence-electron chi connectivity index (χ1n) is 29.4. The largest absolute Gasteiger partial charge is 2.00 e. The van der Waals surface area contributed by atoms with E-state index in [2.05, 4.69) is 10.3 Å². The van der Waals surface area contributed by atoms with Crippen molar-refractivity contribution >= 4 is 66.0 Å². The van der Waals surface area contributed by atoms with Crippen molar-refractivity contribution in [2.45, 2.75) is 178 Å². The number of benzene rings is 1. The van der Waals surface area contributed by atoms with Gasteiger partial charge in [-0.25, -0.2) is 4.98 Å². The molecule has 16 N–H and O–H groups in total. The number of aromatic nitrogens is 2. The number of carbonyl (C=O) groups excluding carboxylic acids is 5. The zero-order valence-corrected chi connectivity index (χ0v) is 55.1. The Hall–Kier alpha value is -5.51. The summed E-state index contributed by atoms with van der Waals surface area (Å²) < 4.78 is 31.0. The Bertz CT molecular complexity index is 3180. The van der Waals surface area contributed by atoms with E-state index >= 15 is 0 Å². The Balaban J connectivity index is 0.00000828. The topological polar surface area (TPSA) is 440 Å². The molecule has 4 aliphatic heterocycles. The van der Waals surface area contributed by atoms with Crippen LogP contribution in [0.15, 0.2) is 67.8 Å². The maximum Gasteiger partial charge on any atom is 2.00 e. The average Bonchev–Trinajstić information content (AvgIpc) is 1.77. The van der Waals surface area contributed by atoms with Gasteiger partial charge in [-0.15, -0.1) is 0 Å². The molecule has 1 fully saturated rings. The van der Waals surface area contributed by atoms with Gasteiger partial charge in [0.2, 0.25) is 29.5 Å². The number of phosphoric acid groups is 1. The van der Waals surface area contributed by atoms with Gasteiger partial charge in [0.15, 0.2) is 12.5 Å². The van der Waals surface area contributed by atoms with Gasteiger partial charge in [0.1, 0.15) is 12.2 Å². The van der Waals surface area contributed by atoms with E-state index in [4.69, 9.17) is 63.2 Å². The zero-order valence-electron chi connectivity index (χ0n) is 53.2. The summed E-state index contributed by atoms with van der Waals surface area (Å²) in [4.78, 5) is 97.1. The van der Waals surface area contributed by atoms with Crippen molar-refractivity contribution in [2.24, 2.45) is 101 Å². The number of rotatable bonds is 29. The third-order valence-corrected chi connectivity index (χ3v) is 20.2. The minimum absolute atomic E-state index is 0. The van der Waals surface area contributed by atoms with Crippen LogP contribution in [0.3, 0.4) is 0 Å². The molecule has 27 heteroatoms. The van der Waals surface area contributed by atoms with E-state index in [-0.39, 0.29) is 102 Å². The van der Waals surface area contributed by atoms with E-state index in [1.54, 1.807) is 6.21 Å². The SMILES string of the molecule is CC(C)=C([NH-])C(CCC(N)=O)C(C)(CN)C(C)C1N=C(/C(C)=C2N=C(/C=C3\N=CC(C)(CC(N)=O)C3CCC(N)=O)C(C)(C)C\2CCC(N)=O)C(C)(CCC(=O)NCC(C)OP(=O)([O-])OC2C(O)OC(n3cnc4cc(C)c(C)cc43)C2O)C1CN.[CH3-].[Co+2]. The fourth-order valence-corrected chi connectivity index (χ4v) is 14.5. The molecule has 0 saturated carbocycles. The van der Waals surface area contributed by atoms with Gasteiger partial charge in [-0.2, -0.15) is 5.70 Å². The number of carbonyl (C=O) groups is 5. The summed E-state index contributed by atoms with van der Waals surface area (Å²) >= 11 is 0. The number of hydrogen-bond donors (Lipinski definition) is 9. The molecule has 1 aromatic carbocycles. The Kier molecular flexibility index (Phi) is 25.2. The number of nitrogens with two attached hydrogens (primary N) is 6. The number of phosphoric ester groups is 1. The molecular weight excluding hydrogens is 1200 g/mol. The number of aliphatic hydroxyl groups excluding tert-OH is 2. The van der Waals surface area contributed by atoms with Crippen molar-refractivity contribution in [1.82, 2.24) is 14.9 Å². The van der Waals surface area contributed by atoms with Crippen LogP contribution in [0.4, 0.5) is 0 Å². The summed E-state index contributed by atoms with van der Waals surface area (Å²) in [6.07, 6.45) is -1.94. The minimum Gasteiger partial charge on any atom is -0.756 e. The van der Waals surface area contributed by atoms with Crippen LogP contribution in [0.1, 0.15) is 144 Å². The molecule has 88 heavy (non-hydrogen) atoms. The fourth-order valence-electron chi connectivity index (χ4n) is 13.4. The van der Waals surface area contributed by atoms with E-state index in [0.717, 1.165) is 16.7 Å². The second kappa shape index (κ2) is 29.6. The summed E-state index contributed by atoms with van der Waals surface area (Å²) in [6, 6.07) is 3.11.